The van der Waals surface area contributed by atoms with Gasteiger partial charge >= 0.3 is 0 Å². The number of hydrogen-bond acceptors (Lipinski definition) is 3. The summed E-state index contributed by atoms with van der Waals surface area (Å²) in [6, 6.07) is 9.14. The molecular weight excluding hydrogens is 175 g/mol. The van der Waals surface area contributed by atoms with Crippen LogP contribution in [0.4, 0.5) is 0 Å². The summed E-state index contributed by atoms with van der Waals surface area (Å²) in [5, 5.41) is 9.20. The van der Waals surface area contributed by atoms with Crippen LogP contribution in [0.3, 0.4) is 0 Å². The van der Waals surface area contributed by atoms with E-state index in [-0.39, 0.29) is 13.2 Å². The smallest absolute Gasteiger partial charge is 0.202 e. The Labute approximate surface area is 72.5 Å². The summed E-state index contributed by atoms with van der Waals surface area (Å²) in [5.74, 6) is 0. The molecule has 2 N–H and O–H groups in total. The highest BCUT2D eigenvalue weighted by Crippen LogP contribution is 2.29. The van der Waals surface area contributed by atoms with Crippen molar-refractivity contribution in [1.82, 2.24) is 0 Å². The van der Waals surface area contributed by atoms with Gasteiger partial charge in [0.1, 0.15) is 0 Å². The van der Waals surface area contributed by atoms with Crippen LogP contribution in [0, 0.1) is 0 Å². The van der Waals surface area contributed by atoms with Crippen LogP contribution in [-0.4, -0.2) is 23.2 Å². The summed E-state index contributed by atoms with van der Waals surface area (Å²) in [6.07, 6.45) is 0. The Kier molecular flexibility index (Phi) is 4.19. The van der Waals surface area contributed by atoms with Crippen molar-refractivity contribution in [3.63, 3.8) is 0 Å². The van der Waals surface area contributed by atoms with Crippen LogP contribution in [0.25, 0.3) is 0 Å². The zero-order chi connectivity index (χ0) is 8.81. The molecule has 1 aromatic carbocycles. The van der Waals surface area contributed by atoms with E-state index in [9.17, 15) is 4.89 Å². The van der Waals surface area contributed by atoms with Crippen molar-refractivity contribution in [2.75, 3.05) is 13.2 Å². The van der Waals surface area contributed by atoms with Crippen LogP contribution in [0.5, 0.6) is 0 Å². The van der Waals surface area contributed by atoms with Crippen molar-refractivity contribution >= 4 is 13.7 Å². The van der Waals surface area contributed by atoms with Crippen LogP contribution in [0.15, 0.2) is 30.3 Å². The monoisotopic (exact) mass is 186 g/mol. The molecule has 1 rings (SSSR count). The molecule has 66 valence electrons. The maximum absolute atomic E-state index is 9.38. The third kappa shape index (κ3) is 2.88. The minimum atomic E-state index is -1.54. The lowest BCUT2D eigenvalue weighted by Crippen LogP contribution is -2.04. The Morgan fingerprint density at radius 3 is 2.50 bits per heavy atom. The first-order valence-electron chi connectivity index (χ1n) is 3.62. The minimum absolute atomic E-state index is 0.0633. The zero-order valence-corrected chi connectivity index (χ0v) is 7.45. The molecule has 0 aliphatic rings. The molecule has 0 aliphatic carbocycles. The molecule has 0 aliphatic heterocycles. The minimum Gasteiger partial charge on any atom is -0.394 e. The quantitative estimate of drug-likeness (QED) is 0.678. The molecule has 0 saturated carbocycles. The summed E-state index contributed by atoms with van der Waals surface area (Å²) in [5.41, 5.74) is 0. The Hall–Kier alpha value is -0.470. The fraction of sp³-hybridized carbons (Fsp3) is 0.250. The number of rotatable bonds is 4. The Bertz CT molecular complexity index is 215. The van der Waals surface area contributed by atoms with Gasteiger partial charge in [0.2, 0.25) is 8.38 Å². The predicted octanol–water partition coefficient (Wildman–Crippen LogP) is 0.625. The van der Waals surface area contributed by atoms with Gasteiger partial charge in [-0.3, -0.25) is 0 Å². The highest BCUT2D eigenvalue weighted by Gasteiger charge is 2.06. The predicted molar refractivity (Wildman–Crippen MR) is 48.3 cm³/mol. The van der Waals surface area contributed by atoms with E-state index in [4.69, 9.17) is 9.63 Å². The molecular formula is C8H11O3P. The van der Waals surface area contributed by atoms with Crippen molar-refractivity contribution < 1.29 is 14.5 Å². The maximum atomic E-state index is 9.38. The van der Waals surface area contributed by atoms with Gasteiger partial charge in [-0.2, -0.15) is 0 Å². The van der Waals surface area contributed by atoms with Crippen molar-refractivity contribution in [3.8, 4) is 0 Å². The van der Waals surface area contributed by atoms with E-state index >= 15 is 0 Å². The Morgan fingerprint density at radius 2 is 1.92 bits per heavy atom. The van der Waals surface area contributed by atoms with E-state index < -0.39 is 8.38 Å². The average Bonchev–Trinajstić information content (AvgIpc) is 2.15. The standard InChI is InChI=1S/C8H11O3P/c9-6-7-11-12(10)8-4-2-1-3-5-8/h1-5,9-10H,6-7H2. The van der Waals surface area contributed by atoms with Crippen LogP contribution < -0.4 is 5.30 Å². The normalized spacial score (nSPS) is 12.8. The second kappa shape index (κ2) is 5.22. The van der Waals surface area contributed by atoms with Crippen molar-refractivity contribution in [2.24, 2.45) is 0 Å². The van der Waals surface area contributed by atoms with Gasteiger partial charge in [0.15, 0.2) is 0 Å². The van der Waals surface area contributed by atoms with Gasteiger partial charge in [-0.25, -0.2) is 0 Å². The Morgan fingerprint density at radius 1 is 1.25 bits per heavy atom. The summed E-state index contributed by atoms with van der Waals surface area (Å²) in [4.78, 5) is 9.38. The van der Waals surface area contributed by atoms with Crippen LogP contribution in [0.2, 0.25) is 0 Å². The van der Waals surface area contributed by atoms with E-state index in [1.165, 1.54) is 0 Å². The molecule has 0 radical (unpaired) electrons. The average molecular weight is 186 g/mol. The fourth-order valence-corrected chi connectivity index (χ4v) is 1.59. The second-order valence-electron chi connectivity index (χ2n) is 2.17. The molecule has 1 unspecified atom stereocenters. The first kappa shape index (κ1) is 9.62. The largest absolute Gasteiger partial charge is 0.394 e. The zero-order valence-electron chi connectivity index (χ0n) is 6.55. The number of benzene rings is 1. The van der Waals surface area contributed by atoms with Crippen LogP contribution in [0.1, 0.15) is 0 Å². The lowest BCUT2D eigenvalue weighted by Gasteiger charge is -2.08. The summed E-state index contributed by atoms with van der Waals surface area (Å²) in [7, 11) is -1.54. The van der Waals surface area contributed by atoms with Gasteiger partial charge in [0, 0.05) is 5.30 Å². The summed E-state index contributed by atoms with van der Waals surface area (Å²) in [6.45, 7) is 0.114. The molecule has 12 heavy (non-hydrogen) atoms. The number of aliphatic hydroxyl groups excluding tert-OH is 1. The molecule has 0 bridgehead atoms. The molecule has 0 fully saturated rings. The van der Waals surface area contributed by atoms with Gasteiger partial charge in [-0.1, -0.05) is 18.2 Å². The van der Waals surface area contributed by atoms with Crippen LogP contribution in [-0.2, 0) is 4.52 Å². The molecule has 0 spiro atoms. The van der Waals surface area contributed by atoms with Gasteiger partial charge in [0.05, 0.1) is 13.2 Å². The lowest BCUT2D eigenvalue weighted by molar-refractivity contribution is 0.204. The highest BCUT2D eigenvalue weighted by atomic mass is 31.2. The van der Waals surface area contributed by atoms with Gasteiger partial charge in [-0.05, 0) is 12.1 Å². The SMILES string of the molecule is OCCOP(O)c1ccccc1. The second-order valence-corrected chi connectivity index (χ2v) is 3.49. The number of aliphatic hydroxyl groups is 1. The molecule has 3 nitrogen and oxygen atoms in total. The van der Waals surface area contributed by atoms with E-state index in [1.54, 1.807) is 12.1 Å². The maximum Gasteiger partial charge on any atom is 0.202 e. The molecule has 0 heterocycles. The van der Waals surface area contributed by atoms with E-state index in [0.29, 0.717) is 0 Å². The molecule has 0 amide bonds. The van der Waals surface area contributed by atoms with E-state index in [0.717, 1.165) is 5.30 Å². The van der Waals surface area contributed by atoms with E-state index in [1.807, 2.05) is 18.2 Å². The molecule has 0 aromatic heterocycles. The van der Waals surface area contributed by atoms with Crippen LogP contribution >= 0.6 is 8.38 Å². The fourth-order valence-electron chi connectivity index (χ4n) is 0.757. The third-order valence-corrected chi connectivity index (χ3v) is 2.45. The first-order chi connectivity index (χ1) is 5.84. The van der Waals surface area contributed by atoms with Crippen molar-refractivity contribution in [3.05, 3.63) is 30.3 Å². The van der Waals surface area contributed by atoms with Crippen molar-refractivity contribution in [1.29, 1.82) is 0 Å². The third-order valence-electron chi connectivity index (χ3n) is 1.28. The first-order valence-corrected chi connectivity index (χ1v) is 4.83. The molecule has 4 heteroatoms. The molecule has 1 atom stereocenters. The van der Waals surface area contributed by atoms with Gasteiger partial charge in [-0.15, -0.1) is 0 Å². The summed E-state index contributed by atoms with van der Waals surface area (Å²) < 4.78 is 4.95. The summed E-state index contributed by atoms with van der Waals surface area (Å²) >= 11 is 0. The topological polar surface area (TPSA) is 49.7 Å². The van der Waals surface area contributed by atoms with Gasteiger partial charge < -0.3 is 14.5 Å². The molecule has 1 aromatic rings. The van der Waals surface area contributed by atoms with Crippen molar-refractivity contribution in [2.45, 2.75) is 0 Å². The van der Waals surface area contributed by atoms with E-state index in [2.05, 4.69) is 0 Å². The highest BCUT2D eigenvalue weighted by molar-refractivity contribution is 7.55. The molecule has 0 saturated heterocycles. The Balaban J connectivity index is 2.48. The van der Waals surface area contributed by atoms with Gasteiger partial charge in [0.25, 0.3) is 0 Å². The lowest BCUT2D eigenvalue weighted by atomic mass is 10.4. The number of hydrogen-bond donors (Lipinski definition) is 2.